The van der Waals surface area contributed by atoms with Gasteiger partial charge in [0.15, 0.2) is 0 Å². The standard InChI is InChI=1S/C27H43NO8/c1-7-34-24(31)9-10-36-21(20-12-17(3)11-18(4)26(20)33)13-19-14-22(29)28(23(30)15-19)27(5,6)16-25(32)35-8-2/h17-21H,7-16H2,1-6H3/t17-,18-,20?,21?/m0/s1. The largest absolute Gasteiger partial charge is 0.466 e. The molecule has 0 spiro atoms. The lowest BCUT2D eigenvalue weighted by molar-refractivity contribution is -0.160. The van der Waals surface area contributed by atoms with Crippen LogP contribution in [0, 0.1) is 23.7 Å². The van der Waals surface area contributed by atoms with E-state index in [-0.39, 0.29) is 86.8 Å². The highest BCUT2D eigenvalue weighted by Crippen LogP contribution is 2.38. The molecule has 0 N–H and O–H groups in total. The van der Waals surface area contributed by atoms with Crippen LogP contribution >= 0.6 is 0 Å². The van der Waals surface area contributed by atoms with Gasteiger partial charge in [0.2, 0.25) is 11.8 Å². The summed E-state index contributed by atoms with van der Waals surface area (Å²) in [4.78, 5) is 64.2. The van der Waals surface area contributed by atoms with E-state index < -0.39 is 17.6 Å². The van der Waals surface area contributed by atoms with Gasteiger partial charge in [-0.2, -0.15) is 0 Å². The zero-order valence-electron chi connectivity index (χ0n) is 22.7. The van der Waals surface area contributed by atoms with Gasteiger partial charge in [0, 0.05) is 24.7 Å². The van der Waals surface area contributed by atoms with Gasteiger partial charge in [-0.05, 0) is 58.8 Å². The van der Waals surface area contributed by atoms with E-state index >= 15 is 0 Å². The predicted molar refractivity (Wildman–Crippen MR) is 132 cm³/mol. The molecule has 9 heteroatoms. The molecular weight excluding hydrogens is 466 g/mol. The third-order valence-electron chi connectivity index (χ3n) is 7.13. The van der Waals surface area contributed by atoms with Crippen LogP contribution in [0.2, 0.25) is 0 Å². The van der Waals surface area contributed by atoms with Crippen molar-refractivity contribution in [3.8, 4) is 0 Å². The molecule has 0 bridgehead atoms. The number of likely N-dealkylation sites (tertiary alicyclic amines) is 1. The van der Waals surface area contributed by atoms with Crippen molar-refractivity contribution in [3.63, 3.8) is 0 Å². The number of amides is 2. The highest BCUT2D eigenvalue weighted by molar-refractivity contribution is 5.99. The maximum atomic E-state index is 13.1. The van der Waals surface area contributed by atoms with Gasteiger partial charge in [-0.15, -0.1) is 0 Å². The number of hydrogen-bond donors (Lipinski definition) is 0. The summed E-state index contributed by atoms with van der Waals surface area (Å²) in [6.07, 6.45) is 1.66. The fraction of sp³-hybridized carbons (Fsp3) is 0.815. The van der Waals surface area contributed by atoms with Crippen molar-refractivity contribution in [2.24, 2.45) is 23.7 Å². The first-order chi connectivity index (χ1) is 16.9. The number of ether oxygens (including phenoxy) is 3. The number of carbonyl (C=O) groups is 5. The van der Waals surface area contributed by atoms with Crippen LogP contribution in [0.5, 0.6) is 0 Å². The molecule has 9 nitrogen and oxygen atoms in total. The molecule has 204 valence electrons. The lowest BCUT2D eigenvalue weighted by atomic mass is 9.71. The van der Waals surface area contributed by atoms with E-state index in [1.807, 2.05) is 6.92 Å². The third-order valence-corrected chi connectivity index (χ3v) is 7.13. The molecule has 0 aromatic heterocycles. The van der Waals surface area contributed by atoms with E-state index in [0.717, 1.165) is 6.42 Å². The van der Waals surface area contributed by atoms with E-state index in [1.165, 1.54) is 4.90 Å². The van der Waals surface area contributed by atoms with Gasteiger partial charge in [0.25, 0.3) is 0 Å². The normalized spacial score (nSPS) is 24.6. The van der Waals surface area contributed by atoms with E-state index in [4.69, 9.17) is 14.2 Å². The lowest BCUT2D eigenvalue weighted by Gasteiger charge is -2.42. The molecular formula is C27H43NO8. The number of esters is 2. The Hall–Kier alpha value is -2.29. The van der Waals surface area contributed by atoms with Gasteiger partial charge in [-0.25, -0.2) is 0 Å². The number of ketones is 1. The number of imide groups is 1. The number of hydrogen-bond acceptors (Lipinski definition) is 8. The number of Topliss-reactive ketones (excluding diaryl/α,β-unsaturated/α-hetero) is 1. The molecule has 1 aliphatic heterocycles. The van der Waals surface area contributed by atoms with Crippen LogP contribution in [-0.2, 0) is 38.2 Å². The number of rotatable bonds is 12. The second-order valence-electron chi connectivity index (χ2n) is 10.9. The van der Waals surface area contributed by atoms with Crippen molar-refractivity contribution in [2.75, 3.05) is 19.8 Å². The van der Waals surface area contributed by atoms with E-state index in [1.54, 1.807) is 27.7 Å². The van der Waals surface area contributed by atoms with E-state index in [9.17, 15) is 24.0 Å². The zero-order valence-corrected chi connectivity index (χ0v) is 22.7. The molecule has 36 heavy (non-hydrogen) atoms. The molecule has 1 saturated carbocycles. The summed E-state index contributed by atoms with van der Waals surface area (Å²) in [6.45, 7) is 11.5. The van der Waals surface area contributed by atoms with Crippen LogP contribution in [0.15, 0.2) is 0 Å². The van der Waals surface area contributed by atoms with Gasteiger partial charge >= 0.3 is 11.9 Å². The Bertz CT molecular complexity index is 805. The first-order valence-corrected chi connectivity index (χ1v) is 13.2. The highest BCUT2D eigenvalue weighted by Gasteiger charge is 2.45. The molecule has 2 amide bonds. The highest BCUT2D eigenvalue weighted by atomic mass is 16.5. The average molecular weight is 510 g/mol. The Morgan fingerprint density at radius 2 is 1.56 bits per heavy atom. The lowest BCUT2D eigenvalue weighted by Crippen LogP contribution is -2.56. The van der Waals surface area contributed by atoms with Crippen LogP contribution in [0.25, 0.3) is 0 Å². The van der Waals surface area contributed by atoms with Crippen LogP contribution in [-0.4, -0.2) is 65.9 Å². The summed E-state index contributed by atoms with van der Waals surface area (Å²) in [6, 6.07) is 0. The summed E-state index contributed by atoms with van der Waals surface area (Å²) in [5.74, 6) is -1.71. The van der Waals surface area contributed by atoms with Crippen LogP contribution in [0.3, 0.4) is 0 Å². The second kappa shape index (κ2) is 13.3. The molecule has 1 saturated heterocycles. The third kappa shape index (κ3) is 8.11. The summed E-state index contributed by atoms with van der Waals surface area (Å²) in [5.41, 5.74) is -0.995. The predicted octanol–water partition coefficient (Wildman–Crippen LogP) is 3.46. The molecule has 0 aromatic rings. The van der Waals surface area contributed by atoms with Crippen molar-refractivity contribution in [1.82, 2.24) is 4.90 Å². The van der Waals surface area contributed by atoms with Crippen LogP contribution in [0.4, 0.5) is 0 Å². The number of nitrogens with zero attached hydrogens (tertiary/aromatic N) is 1. The summed E-state index contributed by atoms with van der Waals surface area (Å²) in [7, 11) is 0. The quantitative estimate of drug-likeness (QED) is 0.290. The summed E-state index contributed by atoms with van der Waals surface area (Å²) < 4.78 is 16.1. The molecule has 2 fully saturated rings. The van der Waals surface area contributed by atoms with Gasteiger partial charge in [-0.1, -0.05) is 13.8 Å². The molecule has 2 unspecified atom stereocenters. The Morgan fingerprint density at radius 1 is 0.972 bits per heavy atom. The molecule has 1 aliphatic carbocycles. The Balaban J connectivity index is 2.12. The molecule has 4 atom stereocenters. The van der Waals surface area contributed by atoms with Crippen molar-refractivity contribution in [3.05, 3.63) is 0 Å². The van der Waals surface area contributed by atoms with Gasteiger partial charge in [-0.3, -0.25) is 28.9 Å². The summed E-state index contributed by atoms with van der Waals surface area (Å²) in [5, 5.41) is 0. The van der Waals surface area contributed by atoms with Gasteiger partial charge in [0.05, 0.1) is 44.3 Å². The summed E-state index contributed by atoms with van der Waals surface area (Å²) >= 11 is 0. The maximum absolute atomic E-state index is 13.1. The van der Waals surface area contributed by atoms with Crippen molar-refractivity contribution < 1.29 is 38.2 Å². The topological polar surface area (TPSA) is 116 Å². The number of piperidine rings is 1. The monoisotopic (exact) mass is 509 g/mol. The molecule has 0 aromatic carbocycles. The molecule has 2 aliphatic rings. The average Bonchev–Trinajstić information content (AvgIpc) is 2.74. The first-order valence-electron chi connectivity index (χ1n) is 13.2. The molecule has 0 radical (unpaired) electrons. The van der Waals surface area contributed by atoms with Crippen molar-refractivity contribution in [2.45, 2.75) is 98.1 Å². The van der Waals surface area contributed by atoms with Crippen LogP contribution < -0.4 is 0 Å². The first kappa shape index (κ1) is 29.9. The van der Waals surface area contributed by atoms with Crippen molar-refractivity contribution in [1.29, 1.82) is 0 Å². The zero-order chi connectivity index (χ0) is 27.0. The molecule has 2 rings (SSSR count). The second-order valence-corrected chi connectivity index (χ2v) is 10.9. The minimum atomic E-state index is -0.995. The SMILES string of the molecule is CCOC(=O)CCOC(CC1CC(=O)N(C(C)(C)CC(=O)OCC)C(=O)C1)C1C[C@@H](C)C[C@H](C)C1=O. The Labute approximate surface area is 214 Å². The van der Waals surface area contributed by atoms with Crippen molar-refractivity contribution >= 4 is 29.5 Å². The van der Waals surface area contributed by atoms with Crippen LogP contribution in [0.1, 0.15) is 86.5 Å². The minimum absolute atomic E-state index is 0.0745. The number of carbonyl (C=O) groups excluding carboxylic acids is 5. The molecule has 1 heterocycles. The van der Waals surface area contributed by atoms with E-state index in [0.29, 0.717) is 18.8 Å². The Kier molecular flexibility index (Phi) is 11.1. The Morgan fingerprint density at radius 3 is 2.14 bits per heavy atom. The van der Waals surface area contributed by atoms with E-state index in [2.05, 4.69) is 6.92 Å². The maximum Gasteiger partial charge on any atom is 0.308 e. The fourth-order valence-electron chi connectivity index (χ4n) is 5.64. The van der Waals surface area contributed by atoms with Gasteiger partial charge in [0.1, 0.15) is 5.78 Å². The fourth-order valence-corrected chi connectivity index (χ4v) is 5.64. The van der Waals surface area contributed by atoms with Gasteiger partial charge < -0.3 is 14.2 Å². The minimum Gasteiger partial charge on any atom is -0.466 e. The smallest absolute Gasteiger partial charge is 0.308 e.